The lowest BCUT2D eigenvalue weighted by Crippen LogP contribution is -2.90. The van der Waals surface area contributed by atoms with Crippen molar-refractivity contribution >= 4 is 0 Å². The Morgan fingerprint density at radius 3 is 2.50 bits per heavy atom. The highest BCUT2D eigenvalue weighted by molar-refractivity contribution is 4.65. The summed E-state index contributed by atoms with van der Waals surface area (Å²) >= 11 is 0. The van der Waals surface area contributed by atoms with Crippen LogP contribution < -0.4 is 5.32 Å². The van der Waals surface area contributed by atoms with Crippen LogP contribution in [0.2, 0.25) is 0 Å². The van der Waals surface area contributed by atoms with E-state index in [0.717, 1.165) is 12.6 Å². The Morgan fingerprint density at radius 1 is 1.50 bits per heavy atom. The summed E-state index contributed by atoms with van der Waals surface area (Å²) in [5.74, 6) is 0. The number of rotatable bonds is 5. The smallest absolute Gasteiger partial charge is 0.130 e. The second-order valence-electron chi connectivity index (χ2n) is 3.00. The summed E-state index contributed by atoms with van der Waals surface area (Å²) in [5, 5.41) is 2.41. The molecule has 1 unspecified atom stereocenters. The van der Waals surface area contributed by atoms with Gasteiger partial charge in [0.15, 0.2) is 0 Å². The summed E-state index contributed by atoms with van der Waals surface area (Å²) in [6.07, 6.45) is 3.15. The summed E-state index contributed by atoms with van der Waals surface area (Å²) < 4.78 is 5.12. The fourth-order valence-electron chi connectivity index (χ4n) is 1.17. The van der Waals surface area contributed by atoms with Crippen LogP contribution in [0.4, 0.5) is 0 Å². The van der Waals surface area contributed by atoms with Crippen LogP contribution in [0, 0.1) is 0 Å². The monoisotopic (exact) mass is 144 g/mol. The minimum absolute atomic E-state index is 0.584. The first-order valence-corrected chi connectivity index (χ1v) is 4.31. The fraction of sp³-hybridized carbons (Fsp3) is 1.00. The molecule has 0 aromatic heterocycles. The zero-order chi connectivity index (χ0) is 7.40. The Bertz CT molecular complexity index is 87.3. The molecule has 2 heteroatoms. The molecule has 1 atom stereocenters. The van der Waals surface area contributed by atoms with E-state index >= 15 is 0 Å². The fourth-order valence-corrected chi connectivity index (χ4v) is 1.17. The van der Waals surface area contributed by atoms with Gasteiger partial charge in [0.1, 0.15) is 12.6 Å². The topological polar surface area (TPSA) is 29.1 Å². The predicted octanol–water partition coefficient (Wildman–Crippen LogP) is 0.137. The van der Waals surface area contributed by atoms with Gasteiger partial charge in [-0.25, -0.2) is 0 Å². The normalized spacial score (nSPS) is 23.7. The maximum absolute atomic E-state index is 5.12. The van der Waals surface area contributed by atoms with Gasteiger partial charge in [-0.15, -0.1) is 0 Å². The van der Waals surface area contributed by atoms with E-state index in [1.165, 1.54) is 19.4 Å². The summed E-state index contributed by atoms with van der Waals surface area (Å²) in [7, 11) is 0. The van der Waals surface area contributed by atoms with E-state index in [9.17, 15) is 0 Å². The number of nitrogens with two attached hydrogens (primary N) is 1. The number of hydrogen-bond donors (Lipinski definition) is 1. The maximum atomic E-state index is 5.12. The van der Waals surface area contributed by atoms with Crippen molar-refractivity contribution in [2.24, 2.45) is 0 Å². The van der Waals surface area contributed by atoms with Crippen LogP contribution in [0.1, 0.15) is 26.7 Å². The molecule has 0 radical (unpaired) electrons. The molecule has 1 aliphatic heterocycles. The molecular formula is C8H18NO+. The summed E-state index contributed by atoms with van der Waals surface area (Å²) in [6, 6.07) is 0.823. The van der Waals surface area contributed by atoms with Gasteiger partial charge in [-0.2, -0.15) is 0 Å². The van der Waals surface area contributed by atoms with Gasteiger partial charge >= 0.3 is 0 Å². The van der Waals surface area contributed by atoms with E-state index in [1.807, 2.05) is 0 Å². The Kier molecular flexibility index (Phi) is 3.16. The third-order valence-electron chi connectivity index (χ3n) is 2.18. The van der Waals surface area contributed by atoms with Gasteiger partial charge < -0.3 is 10.1 Å². The molecule has 1 saturated heterocycles. The number of epoxide rings is 1. The molecule has 1 heterocycles. The lowest BCUT2D eigenvalue weighted by molar-refractivity contribution is -0.690. The number of quaternary nitrogens is 1. The summed E-state index contributed by atoms with van der Waals surface area (Å²) in [4.78, 5) is 0. The van der Waals surface area contributed by atoms with Crippen LogP contribution >= 0.6 is 0 Å². The first-order valence-electron chi connectivity index (χ1n) is 4.31. The molecule has 1 aliphatic rings. The van der Waals surface area contributed by atoms with Gasteiger partial charge in [-0.3, -0.25) is 0 Å². The van der Waals surface area contributed by atoms with Crippen LogP contribution in [-0.2, 0) is 4.74 Å². The predicted molar refractivity (Wildman–Crippen MR) is 40.9 cm³/mol. The molecule has 60 valence electrons. The van der Waals surface area contributed by atoms with E-state index in [0.29, 0.717) is 6.10 Å². The Balaban J connectivity index is 1.97. The zero-order valence-corrected chi connectivity index (χ0v) is 6.97. The standard InChI is InChI=1S/C8H17NO/c1-3-7(4-2)9-5-8-6-10-8/h7-9H,3-6H2,1-2H3/p+1. The van der Waals surface area contributed by atoms with Crippen LogP contribution in [0.3, 0.4) is 0 Å². The molecule has 2 nitrogen and oxygen atoms in total. The van der Waals surface area contributed by atoms with Gasteiger partial charge in [-0.1, -0.05) is 13.8 Å². The number of hydrogen-bond acceptors (Lipinski definition) is 1. The highest BCUT2D eigenvalue weighted by Crippen LogP contribution is 2.04. The van der Waals surface area contributed by atoms with Crippen molar-refractivity contribution < 1.29 is 10.1 Å². The molecule has 0 aromatic rings. The molecule has 10 heavy (non-hydrogen) atoms. The van der Waals surface area contributed by atoms with Gasteiger partial charge in [0.05, 0.1) is 12.6 Å². The average molecular weight is 144 g/mol. The van der Waals surface area contributed by atoms with Gasteiger partial charge in [-0.05, 0) is 12.8 Å². The number of ether oxygens (including phenoxy) is 1. The SMILES string of the molecule is CCC(CC)[NH2+]CC1CO1. The molecule has 0 spiro atoms. The van der Waals surface area contributed by atoms with Crippen molar-refractivity contribution in [3.63, 3.8) is 0 Å². The molecule has 1 rings (SSSR count). The highest BCUT2D eigenvalue weighted by atomic mass is 16.6. The van der Waals surface area contributed by atoms with Crippen LogP contribution in [0.15, 0.2) is 0 Å². The average Bonchev–Trinajstić information content (AvgIpc) is 2.74. The van der Waals surface area contributed by atoms with Crippen molar-refractivity contribution in [3.05, 3.63) is 0 Å². The molecular weight excluding hydrogens is 126 g/mol. The van der Waals surface area contributed by atoms with Gasteiger partial charge in [0.2, 0.25) is 0 Å². The van der Waals surface area contributed by atoms with Crippen molar-refractivity contribution in [2.75, 3.05) is 13.2 Å². The molecule has 0 amide bonds. The lowest BCUT2D eigenvalue weighted by atomic mass is 10.2. The molecule has 0 saturated carbocycles. The van der Waals surface area contributed by atoms with E-state index < -0.39 is 0 Å². The first-order chi connectivity index (χ1) is 4.86. The Morgan fingerprint density at radius 2 is 2.10 bits per heavy atom. The molecule has 0 aliphatic carbocycles. The highest BCUT2D eigenvalue weighted by Gasteiger charge is 2.25. The van der Waals surface area contributed by atoms with E-state index in [1.54, 1.807) is 0 Å². The maximum Gasteiger partial charge on any atom is 0.130 e. The van der Waals surface area contributed by atoms with Crippen molar-refractivity contribution in [3.8, 4) is 0 Å². The van der Waals surface area contributed by atoms with Gasteiger partial charge in [0, 0.05) is 0 Å². The lowest BCUT2D eigenvalue weighted by Gasteiger charge is -2.09. The van der Waals surface area contributed by atoms with Crippen LogP contribution in [0.25, 0.3) is 0 Å². The van der Waals surface area contributed by atoms with Crippen molar-refractivity contribution in [2.45, 2.75) is 38.8 Å². The third-order valence-corrected chi connectivity index (χ3v) is 2.18. The Labute approximate surface area is 63.0 Å². The third kappa shape index (κ3) is 2.67. The first kappa shape index (κ1) is 8.02. The second-order valence-corrected chi connectivity index (χ2v) is 3.00. The largest absolute Gasteiger partial charge is 0.367 e. The minimum Gasteiger partial charge on any atom is -0.367 e. The molecule has 0 aromatic carbocycles. The zero-order valence-electron chi connectivity index (χ0n) is 6.97. The van der Waals surface area contributed by atoms with Crippen LogP contribution in [-0.4, -0.2) is 25.3 Å². The quantitative estimate of drug-likeness (QED) is 0.546. The Hall–Kier alpha value is -0.0800. The van der Waals surface area contributed by atoms with Gasteiger partial charge in [0.25, 0.3) is 0 Å². The molecule has 2 N–H and O–H groups in total. The van der Waals surface area contributed by atoms with Crippen molar-refractivity contribution in [1.82, 2.24) is 0 Å². The second kappa shape index (κ2) is 3.94. The summed E-state index contributed by atoms with van der Waals surface area (Å²) in [6.45, 7) is 6.67. The van der Waals surface area contributed by atoms with E-state index in [4.69, 9.17) is 4.74 Å². The van der Waals surface area contributed by atoms with E-state index in [2.05, 4.69) is 19.2 Å². The molecule has 1 fully saturated rings. The summed E-state index contributed by atoms with van der Waals surface area (Å²) in [5.41, 5.74) is 0. The molecule has 0 bridgehead atoms. The van der Waals surface area contributed by atoms with Crippen molar-refractivity contribution in [1.29, 1.82) is 0 Å². The van der Waals surface area contributed by atoms with Crippen LogP contribution in [0.5, 0.6) is 0 Å². The minimum atomic E-state index is 0.584. The van der Waals surface area contributed by atoms with E-state index in [-0.39, 0.29) is 0 Å².